The van der Waals surface area contributed by atoms with Gasteiger partial charge in [-0.2, -0.15) is 0 Å². The molecule has 2 rings (SSSR count). The van der Waals surface area contributed by atoms with Gasteiger partial charge in [0.15, 0.2) is 5.13 Å². The molecule has 5 heteroatoms. The zero-order chi connectivity index (χ0) is 13.8. The predicted octanol–water partition coefficient (Wildman–Crippen LogP) is 2.45. The minimum atomic E-state index is 0.102. The molecule has 0 radical (unpaired) electrons. The van der Waals surface area contributed by atoms with E-state index in [2.05, 4.69) is 18.7 Å². The summed E-state index contributed by atoms with van der Waals surface area (Å²) in [5.41, 5.74) is 1.07. The van der Waals surface area contributed by atoms with Crippen LogP contribution >= 0.6 is 11.3 Å². The van der Waals surface area contributed by atoms with E-state index in [1.165, 1.54) is 0 Å². The molecular formula is C14H24N2O2S. The Kier molecular flexibility index (Phi) is 5.19. The van der Waals surface area contributed by atoms with Gasteiger partial charge in [0.1, 0.15) is 0 Å². The molecule has 1 aromatic rings. The number of aliphatic hydroxyl groups excluding tert-OH is 1. The molecule has 0 aliphatic carbocycles. The summed E-state index contributed by atoms with van der Waals surface area (Å²) in [6.07, 6.45) is 3.43. The zero-order valence-corrected chi connectivity index (χ0v) is 12.9. The first-order chi connectivity index (χ1) is 9.19. The smallest absolute Gasteiger partial charge is 0.185 e. The number of piperidine rings is 1. The lowest BCUT2D eigenvalue weighted by molar-refractivity contribution is 0.0498. The molecule has 0 aromatic carbocycles. The molecule has 0 saturated carbocycles. The van der Waals surface area contributed by atoms with Crippen molar-refractivity contribution >= 4 is 16.5 Å². The number of ether oxygens (including phenoxy) is 1. The highest BCUT2D eigenvalue weighted by Gasteiger charge is 2.28. The highest BCUT2D eigenvalue weighted by atomic mass is 32.1. The van der Waals surface area contributed by atoms with Crippen LogP contribution in [0, 0.1) is 5.92 Å². The van der Waals surface area contributed by atoms with E-state index in [9.17, 15) is 5.11 Å². The molecule has 108 valence electrons. The maximum atomic E-state index is 9.42. The topological polar surface area (TPSA) is 45.6 Å². The van der Waals surface area contributed by atoms with E-state index >= 15 is 0 Å². The zero-order valence-electron chi connectivity index (χ0n) is 12.1. The van der Waals surface area contributed by atoms with Gasteiger partial charge in [-0.25, -0.2) is 4.98 Å². The van der Waals surface area contributed by atoms with Gasteiger partial charge in [-0.1, -0.05) is 31.6 Å². The fraction of sp³-hybridized carbons (Fsp3) is 0.786. The number of nitrogens with zero attached hydrogens (tertiary/aromatic N) is 2. The van der Waals surface area contributed by atoms with Crippen LogP contribution in [0.5, 0.6) is 0 Å². The normalized spacial score (nSPS) is 23.9. The Hall–Kier alpha value is -0.650. The third-order valence-corrected chi connectivity index (χ3v) is 5.00. The number of hydrogen-bond acceptors (Lipinski definition) is 5. The monoisotopic (exact) mass is 284 g/mol. The Labute approximate surface area is 119 Å². The quantitative estimate of drug-likeness (QED) is 0.902. The number of hydrogen-bond donors (Lipinski definition) is 1. The van der Waals surface area contributed by atoms with Crippen molar-refractivity contribution in [1.29, 1.82) is 0 Å². The van der Waals surface area contributed by atoms with Crippen LogP contribution in [0.3, 0.4) is 0 Å². The molecule has 1 aliphatic heterocycles. The molecule has 0 spiro atoms. The van der Waals surface area contributed by atoms with Gasteiger partial charge in [-0.3, -0.25) is 0 Å². The second-order valence-corrected chi connectivity index (χ2v) is 6.32. The molecule has 19 heavy (non-hydrogen) atoms. The van der Waals surface area contributed by atoms with E-state index in [0.717, 1.165) is 48.1 Å². The van der Waals surface area contributed by atoms with E-state index in [0.29, 0.717) is 5.92 Å². The third-order valence-electron chi connectivity index (χ3n) is 3.86. The van der Waals surface area contributed by atoms with Crippen molar-refractivity contribution in [1.82, 2.24) is 4.98 Å². The predicted molar refractivity (Wildman–Crippen MR) is 78.8 cm³/mol. The van der Waals surface area contributed by atoms with Crippen LogP contribution in [-0.4, -0.2) is 36.4 Å². The van der Waals surface area contributed by atoms with Crippen LogP contribution in [-0.2, 0) is 17.8 Å². The van der Waals surface area contributed by atoms with Crippen LogP contribution in [0.25, 0.3) is 0 Å². The Morgan fingerprint density at radius 3 is 2.95 bits per heavy atom. The number of aryl methyl sites for hydroxylation is 1. The molecule has 0 amide bonds. The van der Waals surface area contributed by atoms with Crippen molar-refractivity contribution in [3.63, 3.8) is 0 Å². The number of methoxy groups -OCH3 is 1. The van der Waals surface area contributed by atoms with Crippen LogP contribution in [0.2, 0.25) is 0 Å². The van der Waals surface area contributed by atoms with Crippen molar-refractivity contribution in [3.05, 3.63) is 10.6 Å². The summed E-state index contributed by atoms with van der Waals surface area (Å²) in [4.78, 5) is 8.04. The molecule has 2 heterocycles. The Balaban J connectivity index is 2.13. The number of anilines is 1. The number of rotatable bonds is 5. The molecule has 4 nitrogen and oxygen atoms in total. The lowest BCUT2D eigenvalue weighted by Crippen LogP contribution is -2.43. The number of aliphatic hydroxyl groups is 1. The molecule has 2 unspecified atom stereocenters. The van der Waals surface area contributed by atoms with Crippen molar-refractivity contribution in [2.75, 3.05) is 25.1 Å². The molecule has 1 N–H and O–H groups in total. The van der Waals surface area contributed by atoms with Gasteiger partial charge in [0, 0.05) is 20.2 Å². The van der Waals surface area contributed by atoms with E-state index in [-0.39, 0.29) is 12.7 Å². The van der Waals surface area contributed by atoms with Crippen molar-refractivity contribution < 1.29 is 9.84 Å². The lowest BCUT2D eigenvalue weighted by Gasteiger charge is -2.36. The average molecular weight is 284 g/mol. The van der Waals surface area contributed by atoms with Gasteiger partial charge in [-0.15, -0.1) is 0 Å². The second kappa shape index (κ2) is 6.68. The molecule has 1 aliphatic rings. The summed E-state index contributed by atoms with van der Waals surface area (Å²) >= 11 is 1.63. The lowest BCUT2D eigenvalue weighted by atomic mass is 9.96. The standard InChI is InChI=1S/C14H24N2O2S/c1-4-5-11-13(9-17)19-14(15-11)16-7-6-10(2)12(8-16)18-3/h10,12,17H,4-9H2,1-3H3. The van der Waals surface area contributed by atoms with Crippen LogP contribution in [0.1, 0.15) is 37.3 Å². The summed E-state index contributed by atoms with van der Waals surface area (Å²) in [6, 6.07) is 0. The average Bonchev–Trinajstić information content (AvgIpc) is 2.83. The van der Waals surface area contributed by atoms with Crippen LogP contribution < -0.4 is 4.90 Å². The minimum absolute atomic E-state index is 0.102. The third kappa shape index (κ3) is 3.27. The summed E-state index contributed by atoms with van der Waals surface area (Å²) in [5.74, 6) is 0.605. The summed E-state index contributed by atoms with van der Waals surface area (Å²) < 4.78 is 5.55. The van der Waals surface area contributed by atoms with E-state index in [1.54, 1.807) is 18.4 Å². The number of thiazole rings is 1. The first kappa shape index (κ1) is 14.8. The van der Waals surface area contributed by atoms with E-state index < -0.39 is 0 Å². The van der Waals surface area contributed by atoms with Gasteiger partial charge < -0.3 is 14.7 Å². The second-order valence-electron chi connectivity index (χ2n) is 5.26. The summed E-state index contributed by atoms with van der Waals surface area (Å²) in [6.45, 7) is 6.43. The van der Waals surface area contributed by atoms with E-state index in [1.807, 2.05) is 0 Å². The van der Waals surface area contributed by atoms with Gasteiger partial charge in [0.25, 0.3) is 0 Å². The fourth-order valence-corrected chi connectivity index (χ4v) is 3.58. The first-order valence-corrected chi connectivity index (χ1v) is 7.88. The molecule has 1 fully saturated rings. The molecular weight excluding hydrogens is 260 g/mol. The SMILES string of the molecule is CCCc1nc(N2CCC(C)C(OC)C2)sc1CO. The molecule has 1 aromatic heterocycles. The highest BCUT2D eigenvalue weighted by Crippen LogP contribution is 2.31. The van der Waals surface area contributed by atoms with Crippen LogP contribution in [0.15, 0.2) is 0 Å². The van der Waals surface area contributed by atoms with Crippen LogP contribution in [0.4, 0.5) is 5.13 Å². The van der Waals surface area contributed by atoms with Gasteiger partial charge in [0.05, 0.1) is 23.3 Å². The Morgan fingerprint density at radius 2 is 2.32 bits per heavy atom. The molecule has 1 saturated heterocycles. The molecule has 2 atom stereocenters. The highest BCUT2D eigenvalue weighted by molar-refractivity contribution is 7.15. The maximum absolute atomic E-state index is 9.42. The summed E-state index contributed by atoms with van der Waals surface area (Å²) in [7, 11) is 1.79. The van der Waals surface area contributed by atoms with Gasteiger partial charge in [-0.05, 0) is 18.8 Å². The van der Waals surface area contributed by atoms with Crippen molar-refractivity contribution in [2.24, 2.45) is 5.92 Å². The summed E-state index contributed by atoms with van der Waals surface area (Å²) in [5, 5.41) is 10.5. The fourth-order valence-electron chi connectivity index (χ4n) is 2.58. The van der Waals surface area contributed by atoms with Crippen molar-refractivity contribution in [3.8, 4) is 0 Å². The van der Waals surface area contributed by atoms with Gasteiger partial charge in [0.2, 0.25) is 0 Å². The maximum Gasteiger partial charge on any atom is 0.185 e. The largest absolute Gasteiger partial charge is 0.391 e. The number of aromatic nitrogens is 1. The van der Waals surface area contributed by atoms with Gasteiger partial charge >= 0.3 is 0 Å². The van der Waals surface area contributed by atoms with E-state index in [4.69, 9.17) is 9.72 Å². The Morgan fingerprint density at radius 1 is 1.53 bits per heavy atom. The molecule has 0 bridgehead atoms. The van der Waals surface area contributed by atoms with Crippen molar-refractivity contribution in [2.45, 2.75) is 45.8 Å². The minimum Gasteiger partial charge on any atom is -0.391 e. The Bertz CT molecular complexity index is 408. The first-order valence-electron chi connectivity index (χ1n) is 7.06.